The number of unbranched alkanes of at least 4 members (excludes halogenated alkanes) is 1. The molecule has 0 unspecified atom stereocenters. The third kappa shape index (κ3) is 31.8. The van der Waals surface area contributed by atoms with Crippen molar-refractivity contribution in [3.05, 3.63) is 26.3 Å². The Labute approximate surface area is 94.4 Å². The summed E-state index contributed by atoms with van der Waals surface area (Å²) in [6, 6.07) is 0. The average molecular weight is 218 g/mol. The van der Waals surface area contributed by atoms with Crippen LogP contribution < -0.4 is 0 Å². The van der Waals surface area contributed by atoms with E-state index in [4.69, 9.17) is 14.6 Å². The molecule has 0 aliphatic carbocycles. The van der Waals surface area contributed by atoms with E-state index >= 15 is 0 Å². The summed E-state index contributed by atoms with van der Waals surface area (Å²) < 4.78 is 10.2. The highest BCUT2D eigenvalue weighted by molar-refractivity contribution is 4.33. The number of rotatable bonds is 8. The van der Waals surface area contributed by atoms with Gasteiger partial charge in [-0.05, 0) is 6.42 Å². The summed E-state index contributed by atoms with van der Waals surface area (Å²) in [4.78, 5) is 0. The van der Waals surface area contributed by atoms with E-state index in [0.29, 0.717) is 19.8 Å². The molecule has 0 radical (unpaired) electrons. The number of hydrogen-bond donors (Lipinski definition) is 1. The topological polar surface area (TPSA) is 38.7 Å². The zero-order valence-corrected chi connectivity index (χ0v) is 10.0. The smallest absolute Gasteiger partial charge is 0.0701 e. The molecular weight excluding hydrogens is 192 g/mol. The van der Waals surface area contributed by atoms with Gasteiger partial charge in [-0.1, -0.05) is 13.3 Å². The van der Waals surface area contributed by atoms with Crippen molar-refractivity contribution in [2.24, 2.45) is 0 Å². The van der Waals surface area contributed by atoms with Crippen molar-refractivity contribution in [1.29, 1.82) is 0 Å². The maximum Gasteiger partial charge on any atom is 0.0701 e. The maximum atomic E-state index is 8.34. The molecule has 0 fully saturated rings. The first kappa shape index (κ1) is 19.9. The van der Waals surface area contributed by atoms with Gasteiger partial charge in [-0.2, -0.15) is 0 Å². The highest BCUT2D eigenvalue weighted by atomic mass is 16.5. The molecule has 3 nitrogen and oxygen atoms in total. The second-order valence-electron chi connectivity index (χ2n) is 2.30. The van der Waals surface area contributed by atoms with Gasteiger partial charge in [0.05, 0.1) is 26.4 Å². The molecule has 0 aromatic heterocycles. The lowest BCUT2D eigenvalue weighted by molar-refractivity contribution is 0.0324. The second kappa shape index (κ2) is 29.2. The van der Waals surface area contributed by atoms with Crippen molar-refractivity contribution in [3.63, 3.8) is 0 Å². The Balaban J connectivity index is -0.000000318. The summed E-state index contributed by atoms with van der Waals surface area (Å²) >= 11 is 0. The number of hydrogen-bond acceptors (Lipinski definition) is 3. The van der Waals surface area contributed by atoms with E-state index in [9.17, 15) is 0 Å². The van der Waals surface area contributed by atoms with Crippen LogP contribution in [0.4, 0.5) is 0 Å². The third-order valence-electron chi connectivity index (χ3n) is 1.25. The Morgan fingerprint density at radius 3 is 1.73 bits per heavy atom. The molecule has 0 aliphatic heterocycles. The van der Waals surface area contributed by atoms with Crippen LogP contribution in [0.1, 0.15) is 19.8 Å². The molecule has 0 bridgehead atoms. The first-order valence-electron chi connectivity index (χ1n) is 5.18. The minimum Gasteiger partial charge on any atom is -0.394 e. The Bertz CT molecular complexity index is 76.9. The van der Waals surface area contributed by atoms with E-state index in [-0.39, 0.29) is 6.61 Å². The van der Waals surface area contributed by atoms with Gasteiger partial charge in [0.15, 0.2) is 0 Å². The van der Waals surface area contributed by atoms with Gasteiger partial charge in [-0.15, -0.1) is 26.3 Å². The van der Waals surface area contributed by atoms with E-state index < -0.39 is 0 Å². The van der Waals surface area contributed by atoms with Crippen LogP contribution in [-0.4, -0.2) is 38.1 Å². The molecule has 0 amide bonds. The predicted molar refractivity (Wildman–Crippen MR) is 66.1 cm³/mol. The van der Waals surface area contributed by atoms with Crippen molar-refractivity contribution in [3.8, 4) is 0 Å². The molecule has 0 aromatic rings. The van der Waals surface area contributed by atoms with Crippen LogP contribution in [0.5, 0.6) is 0 Å². The highest BCUT2D eigenvalue weighted by Gasteiger charge is 1.87. The lowest BCUT2D eigenvalue weighted by Gasteiger charge is -2.02. The van der Waals surface area contributed by atoms with Crippen LogP contribution in [0.3, 0.4) is 0 Å². The van der Waals surface area contributed by atoms with E-state index in [1.165, 1.54) is 0 Å². The van der Waals surface area contributed by atoms with Gasteiger partial charge in [0.1, 0.15) is 0 Å². The SMILES string of the molecule is C=C.C=C.CCCCOCCOCCO. The average Bonchev–Trinajstić information content (AvgIpc) is 2.33. The molecule has 0 heterocycles. The number of aliphatic hydroxyl groups is 1. The van der Waals surface area contributed by atoms with Crippen LogP contribution in [0.15, 0.2) is 26.3 Å². The largest absolute Gasteiger partial charge is 0.394 e. The fourth-order valence-electron chi connectivity index (χ4n) is 0.633. The minimum absolute atomic E-state index is 0.0922. The van der Waals surface area contributed by atoms with Gasteiger partial charge < -0.3 is 14.6 Å². The van der Waals surface area contributed by atoms with Crippen molar-refractivity contribution in [2.75, 3.05) is 33.0 Å². The van der Waals surface area contributed by atoms with Crippen molar-refractivity contribution < 1.29 is 14.6 Å². The van der Waals surface area contributed by atoms with E-state index in [0.717, 1.165) is 19.4 Å². The summed E-state index contributed by atoms with van der Waals surface area (Å²) in [5, 5.41) is 8.34. The van der Waals surface area contributed by atoms with Crippen LogP contribution in [0, 0.1) is 0 Å². The molecule has 15 heavy (non-hydrogen) atoms. The zero-order valence-electron chi connectivity index (χ0n) is 10.0. The molecule has 0 aromatic carbocycles. The first-order chi connectivity index (χ1) is 7.41. The normalized spacial score (nSPS) is 8.13. The third-order valence-corrected chi connectivity index (χ3v) is 1.25. The van der Waals surface area contributed by atoms with Gasteiger partial charge >= 0.3 is 0 Å². The monoisotopic (exact) mass is 218 g/mol. The van der Waals surface area contributed by atoms with Gasteiger partial charge in [0.2, 0.25) is 0 Å². The Kier molecular flexibility index (Phi) is 38.7. The van der Waals surface area contributed by atoms with Crippen LogP contribution >= 0.6 is 0 Å². The van der Waals surface area contributed by atoms with Gasteiger partial charge in [0, 0.05) is 6.61 Å². The van der Waals surface area contributed by atoms with E-state index in [1.54, 1.807) is 0 Å². The van der Waals surface area contributed by atoms with Crippen LogP contribution in [0.2, 0.25) is 0 Å². The summed E-state index contributed by atoms with van der Waals surface area (Å²) in [7, 11) is 0. The summed E-state index contributed by atoms with van der Waals surface area (Å²) in [6.45, 7) is 16.7. The van der Waals surface area contributed by atoms with Crippen molar-refractivity contribution >= 4 is 0 Å². The lowest BCUT2D eigenvalue weighted by atomic mass is 10.4. The standard InChI is InChI=1S/C8H18O3.2C2H4/c1-2-3-5-10-7-8-11-6-4-9;2*1-2/h9H,2-8H2,1H3;2*1-2H2. The highest BCUT2D eigenvalue weighted by Crippen LogP contribution is 1.87. The Morgan fingerprint density at radius 1 is 0.867 bits per heavy atom. The van der Waals surface area contributed by atoms with E-state index in [1.807, 2.05) is 0 Å². The maximum absolute atomic E-state index is 8.34. The van der Waals surface area contributed by atoms with Crippen molar-refractivity contribution in [1.82, 2.24) is 0 Å². The number of aliphatic hydroxyl groups excluding tert-OH is 1. The molecular formula is C12H26O3. The van der Waals surface area contributed by atoms with Crippen LogP contribution in [-0.2, 0) is 9.47 Å². The fourth-order valence-corrected chi connectivity index (χ4v) is 0.633. The van der Waals surface area contributed by atoms with Crippen LogP contribution in [0.25, 0.3) is 0 Å². The Morgan fingerprint density at radius 2 is 1.33 bits per heavy atom. The molecule has 0 spiro atoms. The second-order valence-corrected chi connectivity index (χ2v) is 2.30. The van der Waals surface area contributed by atoms with Gasteiger partial charge in [-0.25, -0.2) is 0 Å². The first-order valence-corrected chi connectivity index (χ1v) is 5.18. The minimum atomic E-state index is 0.0922. The molecule has 0 aliphatic rings. The molecule has 0 saturated heterocycles. The lowest BCUT2D eigenvalue weighted by Crippen LogP contribution is -2.07. The van der Waals surface area contributed by atoms with Gasteiger partial charge in [-0.3, -0.25) is 0 Å². The quantitative estimate of drug-likeness (QED) is 0.502. The molecule has 92 valence electrons. The zero-order chi connectivity index (χ0) is 12.4. The summed E-state index contributed by atoms with van der Waals surface area (Å²) in [5.74, 6) is 0. The number of ether oxygens (including phenoxy) is 2. The van der Waals surface area contributed by atoms with E-state index in [2.05, 4.69) is 33.2 Å². The summed E-state index contributed by atoms with van der Waals surface area (Å²) in [6.07, 6.45) is 2.28. The molecule has 3 heteroatoms. The molecule has 0 saturated carbocycles. The predicted octanol–water partition coefficient (Wildman–Crippen LogP) is 2.42. The summed E-state index contributed by atoms with van der Waals surface area (Å²) in [5.41, 5.74) is 0. The Hall–Kier alpha value is -0.640. The van der Waals surface area contributed by atoms with Gasteiger partial charge in [0.25, 0.3) is 0 Å². The molecule has 0 atom stereocenters. The molecule has 1 N–H and O–H groups in total. The van der Waals surface area contributed by atoms with Crippen molar-refractivity contribution in [2.45, 2.75) is 19.8 Å². The molecule has 0 rings (SSSR count). The fraction of sp³-hybridized carbons (Fsp3) is 0.667.